The van der Waals surface area contributed by atoms with Crippen LogP contribution in [0.4, 0.5) is 0 Å². The van der Waals surface area contributed by atoms with E-state index in [2.05, 4.69) is 41.4 Å². The summed E-state index contributed by atoms with van der Waals surface area (Å²) in [7, 11) is 0. The monoisotopic (exact) mass is 436 g/mol. The van der Waals surface area contributed by atoms with Gasteiger partial charge in [-0.3, -0.25) is 9.69 Å². The molecule has 0 bridgehead atoms. The Morgan fingerprint density at radius 1 is 1.18 bits per heavy atom. The van der Waals surface area contributed by atoms with Gasteiger partial charge in [-0.05, 0) is 50.6 Å². The number of amides is 1. The largest absolute Gasteiger partial charge is 0.355 e. The molecule has 2 aromatic carbocycles. The number of piperidine rings is 1. The number of likely N-dealkylation sites (tertiary alicyclic amines) is 1. The van der Waals surface area contributed by atoms with Crippen molar-refractivity contribution in [1.82, 2.24) is 10.2 Å². The highest BCUT2D eigenvalue weighted by Gasteiger charge is 2.26. The lowest BCUT2D eigenvalue weighted by molar-refractivity contribution is -0.126. The van der Waals surface area contributed by atoms with E-state index >= 15 is 0 Å². The molecule has 1 N–H and O–H groups in total. The van der Waals surface area contributed by atoms with Crippen molar-refractivity contribution in [3.8, 4) is 0 Å². The van der Waals surface area contributed by atoms with Gasteiger partial charge in [0.1, 0.15) is 0 Å². The lowest BCUT2D eigenvalue weighted by atomic mass is 9.96. The normalized spacial score (nSPS) is 17.5. The summed E-state index contributed by atoms with van der Waals surface area (Å²) in [6.07, 6.45) is 1.95. The lowest BCUT2D eigenvalue weighted by Crippen LogP contribution is -2.43. The topological polar surface area (TPSA) is 32.3 Å². The molecule has 6 heteroatoms. The van der Waals surface area contributed by atoms with Crippen molar-refractivity contribution < 1.29 is 4.79 Å². The number of carbonyl (C=O) groups excluding carboxylic acids is 1. The first-order valence-electron chi connectivity index (χ1n) is 9.65. The van der Waals surface area contributed by atoms with Crippen LogP contribution >= 0.6 is 35.0 Å². The van der Waals surface area contributed by atoms with Crippen molar-refractivity contribution in [2.24, 2.45) is 5.92 Å². The number of aryl methyl sites for hydroxylation is 1. The molecule has 1 unspecified atom stereocenters. The summed E-state index contributed by atoms with van der Waals surface area (Å²) in [4.78, 5) is 16.1. The molecule has 1 heterocycles. The second-order valence-corrected chi connectivity index (χ2v) is 9.21. The Labute approximate surface area is 181 Å². The van der Waals surface area contributed by atoms with Crippen LogP contribution in [0, 0.1) is 12.8 Å². The van der Waals surface area contributed by atoms with E-state index in [-0.39, 0.29) is 11.8 Å². The smallest absolute Gasteiger partial charge is 0.224 e. The minimum absolute atomic E-state index is 0.0272. The second kappa shape index (κ2) is 10.5. The van der Waals surface area contributed by atoms with Gasteiger partial charge in [0.2, 0.25) is 5.91 Å². The number of nitrogens with one attached hydrogen (secondary N) is 1. The minimum Gasteiger partial charge on any atom is -0.355 e. The highest BCUT2D eigenvalue weighted by Crippen LogP contribution is 2.27. The zero-order valence-electron chi connectivity index (χ0n) is 16.1. The van der Waals surface area contributed by atoms with Gasteiger partial charge in [-0.1, -0.05) is 47.0 Å². The number of thioether (sulfide) groups is 1. The van der Waals surface area contributed by atoms with Gasteiger partial charge in [0.25, 0.3) is 0 Å². The van der Waals surface area contributed by atoms with E-state index in [1.54, 1.807) is 11.8 Å². The van der Waals surface area contributed by atoms with Crippen LogP contribution < -0.4 is 5.32 Å². The summed E-state index contributed by atoms with van der Waals surface area (Å²) in [5.41, 5.74) is 2.21. The van der Waals surface area contributed by atoms with Gasteiger partial charge in [-0.25, -0.2) is 0 Å². The third kappa shape index (κ3) is 6.15. The van der Waals surface area contributed by atoms with E-state index in [0.29, 0.717) is 23.1 Å². The maximum atomic E-state index is 12.6. The summed E-state index contributed by atoms with van der Waals surface area (Å²) in [6, 6.07) is 14.1. The molecule has 1 fully saturated rings. The predicted molar refractivity (Wildman–Crippen MR) is 119 cm³/mol. The van der Waals surface area contributed by atoms with Crippen LogP contribution in [0.15, 0.2) is 47.4 Å². The molecule has 0 radical (unpaired) electrons. The number of nitrogens with zero attached hydrogens (tertiary/aromatic N) is 1. The van der Waals surface area contributed by atoms with E-state index in [9.17, 15) is 4.79 Å². The standard InChI is InChI=1S/C22H26Cl2N2OS/c1-16-7-9-18(10-8-16)28-13-11-25-22(27)17-4-3-12-26(14-17)15-19-20(23)5-2-6-21(19)24/h2,5-10,17H,3-4,11-15H2,1H3,(H,25,27). The first-order valence-corrected chi connectivity index (χ1v) is 11.4. The van der Waals surface area contributed by atoms with Crippen molar-refractivity contribution in [2.45, 2.75) is 31.2 Å². The van der Waals surface area contributed by atoms with E-state index in [1.165, 1.54) is 10.5 Å². The van der Waals surface area contributed by atoms with Gasteiger partial charge >= 0.3 is 0 Å². The summed E-state index contributed by atoms with van der Waals surface area (Å²) < 4.78 is 0. The fourth-order valence-corrected chi connectivity index (χ4v) is 4.73. The third-order valence-corrected chi connectivity index (χ3v) is 6.73. The molecule has 2 aromatic rings. The third-order valence-electron chi connectivity index (χ3n) is 5.01. The van der Waals surface area contributed by atoms with Gasteiger partial charge in [0, 0.05) is 45.9 Å². The lowest BCUT2D eigenvalue weighted by Gasteiger charge is -2.32. The van der Waals surface area contributed by atoms with E-state index in [1.807, 2.05) is 18.2 Å². The van der Waals surface area contributed by atoms with Crippen LogP contribution in [0.3, 0.4) is 0 Å². The highest BCUT2D eigenvalue weighted by atomic mass is 35.5. The van der Waals surface area contributed by atoms with E-state index in [4.69, 9.17) is 23.2 Å². The molecular formula is C22H26Cl2N2OS. The summed E-state index contributed by atoms with van der Waals surface area (Å²) in [6.45, 7) is 5.17. The number of hydrogen-bond donors (Lipinski definition) is 1. The van der Waals surface area contributed by atoms with Crippen molar-refractivity contribution in [1.29, 1.82) is 0 Å². The van der Waals surface area contributed by atoms with Crippen LogP contribution in [0.1, 0.15) is 24.0 Å². The van der Waals surface area contributed by atoms with E-state index in [0.717, 1.165) is 37.2 Å². The van der Waals surface area contributed by atoms with E-state index < -0.39 is 0 Å². The zero-order valence-corrected chi connectivity index (χ0v) is 18.4. The zero-order chi connectivity index (χ0) is 19.9. The molecule has 3 rings (SSSR count). The van der Waals surface area contributed by atoms with Crippen molar-refractivity contribution in [3.63, 3.8) is 0 Å². The quantitative estimate of drug-likeness (QED) is 0.464. The Morgan fingerprint density at radius 3 is 2.61 bits per heavy atom. The molecule has 150 valence electrons. The fourth-order valence-electron chi connectivity index (χ4n) is 3.44. The number of rotatable bonds is 7. The Balaban J connectivity index is 1.44. The first kappa shape index (κ1) is 21.5. The molecule has 3 nitrogen and oxygen atoms in total. The number of hydrogen-bond acceptors (Lipinski definition) is 3. The number of halogens is 2. The minimum atomic E-state index is 0.0272. The van der Waals surface area contributed by atoms with Crippen molar-refractivity contribution in [3.05, 3.63) is 63.6 Å². The Hall–Kier alpha value is -1.20. The molecule has 1 atom stereocenters. The van der Waals surface area contributed by atoms with Gasteiger partial charge < -0.3 is 5.32 Å². The van der Waals surface area contributed by atoms with Crippen LogP contribution in [0.5, 0.6) is 0 Å². The molecule has 1 aliphatic rings. The van der Waals surface area contributed by atoms with Crippen LogP contribution in [0.25, 0.3) is 0 Å². The average molecular weight is 437 g/mol. The van der Waals surface area contributed by atoms with Gasteiger partial charge in [-0.2, -0.15) is 0 Å². The number of carbonyl (C=O) groups is 1. The predicted octanol–water partition coefficient (Wildman–Crippen LogP) is 5.42. The molecule has 0 saturated carbocycles. The summed E-state index contributed by atoms with van der Waals surface area (Å²) >= 11 is 14.4. The summed E-state index contributed by atoms with van der Waals surface area (Å²) in [5, 5.41) is 4.48. The first-order chi connectivity index (χ1) is 13.5. The van der Waals surface area contributed by atoms with Crippen LogP contribution in [-0.4, -0.2) is 36.2 Å². The molecule has 28 heavy (non-hydrogen) atoms. The second-order valence-electron chi connectivity index (χ2n) is 7.23. The molecule has 1 amide bonds. The van der Waals surface area contributed by atoms with Gasteiger partial charge in [-0.15, -0.1) is 11.8 Å². The molecule has 0 spiro atoms. The van der Waals surface area contributed by atoms with Gasteiger partial charge in [0.15, 0.2) is 0 Å². The number of benzene rings is 2. The Kier molecular flexibility index (Phi) is 8.10. The van der Waals surface area contributed by atoms with Crippen molar-refractivity contribution in [2.75, 3.05) is 25.4 Å². The maximum Gasteiger partial charge on any atom is 0.224 e. The van der Waals surface area contributed by atoms with Crippen molar-refractivity contribution >= 4 is 40.9 Å². The van der Waals surface area contributed by atoms with Gasteiger partial charge in [0.05, 0.1) is 5.92 Å². The molecule has 0 aliphatic carbocycles. The maximum absolute atomic E-state index is 12.6. The van der Waals surface area contributed by atoms with Crippen LogP contribution in [-0.2, 0) is 11.3 Å². The van der Waals surface area contributed by atoms with Crippen LogP contribution in [0.2, 0.25) is 10.0 Å². The Morgan fingerprint density at radius 2 is 1.89 bits per heavy atom. The summed E-state index contributed by atoms with van der Waals surface area (Å²) in [5.74, 6) is 1.05. The average Bonchev–Trinajstić information content (AvgIpc) is 2.69. The SMILES string of the molecule is Cc1ccc(SCCNC(=O)C2CCCN(Cc3c(Cl)cccc3Cl)C2)cc1. The highest BCUT2D eigenvalue weighted by molar-refractivity contribution is 7.99. The molecule has 1 saturated heterocycles. The Bertz CT molecular complexity index is 777. The molecule has 0 aromatic heterocycles. The fraction of sp³-hybridized carbons (Fsp3) is 0.409. The molecule has 1 aliphatic heterocycles. The molecular weight excluding hydrogens is 411 g/mol.